The monoisotopic (exact) mass is 297 g/mol. The second kappa shape index (κ2) is 4.87. The zero-order chi connectivity index (χ0) is 16.0. The molecule has 0 aliphatic carbocycles. The first-order chi connectivity index (χ1) is 10.3. The third-order valence-electron chi connectivity index (χ3n) is 4.49. The molecule has 5 heteroatoms. The van der Waals surface area contributed by atoms with Gasteiger partial charge in [-0.1, -0.05) is 0 Å². The van der Waals surface area contributed by atoms with E-state index in [0.717, 1.165) is 0 Å². The lowest BCUT2D eigenvalue weighted by atomic mass is 9.94. The van der Waals surface area contributed by atoms with Gasteiger partial charge in [-0.05, 0) is 51.5 Å². The number of nitrogens with zero attached hydrogens (tertiary/aromatic N) is 5. The molecule has 3 aromatic heterocycles. The minimum Gasteiger partial charge on any atom is -0.352 e. The first-order valence-corrected chi connectivity index (χ1v) is 7.51. The van der Waals surface area contributed by atoms with Crippen LogP contribution in [0.1, 0.15) is 39.0 Å². The van der Waals surface area contributed by atoms with Crippen molar-refractivity contribution >= 4 is 0 Å². The number of aromatic nitrogens is 5. The molecule has 0 unspecified atom stereocenters. The summed E-state index contributed by atoms with van der Waals surface area (Å²) < 4.78 is 6.17. The van der Waals surface area contributed by atoms with Crippen molar-refractivity contribution in [3.05, 3.63) is 60.4 Å². The van der Waals surface area contributed by atoms with Crippen LogP contribution in [0.4, 0.5) is 0 Å². The maximum absolute atomic E-state index is 4.41. The third kappa shape index (κ3) is 2.17. The summed E-state index contributed by atoms with van der Waals surface area (Å²) in [5.74, 6) is 0. The van der Waals surface area contributed by atoms with Gasteiger partial charge in [0.15, 0.2) is 0 Å². The van der Waals surface area contributed by atoms with Crippen LogP contribution in [0.5, 0.6) is 0 Å². The van der Waals surface area contributed by atoms with E-state index in [-0.39, 0.29) is 11.1 Å². The minimum absolute atomic E-state index is 0.195. The molecule has 0 spiro atoms. The van der Waals surface area contributed by atoms with Gasteiger partial charge in [0.05, 0.1) is 11.1 Å². The standard InChI is InChI=1S/C17H23N5/c1-16(2,21-10-6-8-18-21)14-12-15(20(5)13-14)17(3,4)22-11-7-9-19-22/h6-13H,1-5H3. The van der Waals surface area contributed by atoms with E-state index in [0.29, 0.717) is 0 Å². The fourth-order valence-corrected chi connectivity index (χ4v) is 2.96. The molecule has 0 aliphatic heterocycles. The Balaban J connectivity index is 2.05. The van der Waals surface area contributed by atoms with E-state index >= 15 is 0 Å². The van der Waals surface area contributed by atoms with Crippen LogP contribution in [-0.4, -0.2) is 24.1 Å². The van der Waals surface area contributed by atoms with Gasteiger partial charge in [0.25, 0.3) is 0 Å². The Kier molecular flexibility index (Phi) is 3.24. The zero-order valence-corrected chi connectivity index (χ0v) is 13.9. The number of aryl methyl sites for hydroxylation is 1. The normalized spacial score (nSPS) is 12.8. The summed E-state index contributed by atoms with van der Waals surface area (Å²) in [4.78, 5) is 0. The van der Waals surface area contributed by atoms with Gasteiger partial charge < -0.3 is 4.57 Å². The molecule has 0 aromatic carbocycles. The van der Waals surface area contributed by atoms with Crippen molar-refractivity contribution in [2.24, 2.45) is 7.05 Å². The molecule has 0 amide bonds. The van der Waals surface area contributed by atoms with E-state index in [1.165, 1.54) is 11.3 Å². The summed E-state index contributed by atoms with van der Waals surface area (Å²) in [7, 11) is 2.09. The van der Waals surface area contributed by atoms with Crippen molar-refractivity contribution in [3.8, 4) is 0 Å². The van der Waals surface area contributed by atoms with Gasteiger partial charge in [-0.15, -0.1) is 0 Å². The highest BCUT2D eigenvalue weighted by Crippen LogP contribution is 2.31. The molecule has 0 aliphatic rings. The molecular formula is C17H23N5. The predicted octanol–water partition coefficient (Wildman–Crippen LogP) is 2.98. The van der Waals surface area contributed by atoms with Crippen LogP contribution < -0.4 is 0 Å². The highest BCUT2D eigenvalue weighted by Gasteiger charge is 2.31. The van der Waals surface area contributed by atoms with Crippen LogP contribution in [0.25, 0.3) is 0 Å². The lowest BCUT2D eigenvalue weighted by molar-refractivity contribution is 0.369. The lowest BCUT2D eigenvalue weighted by Crippen LogP contribution is -2.30. The molecule has 0 bridgehead atoms. The van der Waals surface area contributed by atoms with E-state index in [2.05, 4.69) is 61.8 Å². The molecular weight excluding hydrogens is 274 g/mol. The lowest BCUT2D eigenvalue weighted by Gasteiger charge is -2.27. The second-order valence-electron chi connectivity index (χ2n) is 6.74. The fraction of sp³-hybridized carbons (Fsp3) is 0.412. The van der Waals surface area contributed by atoms with Gasteiger partial charge in [0, 0.05) is 43.7 Å². The molecule has 0 fully saturated rings. The van der Waals surface area contributed by atoms with Gasteiger partial charge in [0.1, 0.15) is 0 Å². The number of hydrogen-bond donors (Lipinski definition) is 0. The first kappa shape index (κ1) is 14.6. The maximum Gasteiger partial charge on any atom is 0.0969 e. The molecule has 116 valence electrons. The number of rotatable bonds is 4. The zero-order valence-electron chi connectivity index (χ0n) is 13.9. The van der Waals surface area contributed by atoms with Crippen molar-refractivity contribution in [1.29, 1.82) is 0 Å². The van der Waals surface area contributed by atoms with Gasteiger partial charge in [-0.3, -0.25) is 9.36 Å². The Morgan fingerprint density at radius 3 is 1.91 bits per heavy atom. The van der Waals surface area contributed by atoms with Crippen LogP contribution in [0.3, 0.4) is 0 Å². The molecule has 3 heterocycles. The Bertz CT molecular complexity index is 745. The first-order valence-electron chi connectivity index (χ1n) is 7.51. The van der Waals surface area contributed by atoms with Crippen LogP contribution in [0, 0.1) is 0 Å². The van der Waals surface area contributed by atoms with Crippen molar-refractivity contribution in [2.75, 3.05) is 0 Å². The van der Waals surface area contributed by atoms with E-state index in [9.17, 15) is 0 Å². The van der Waals surface area contributed by atoms with E-state index in [1.807, 2.05) is 46.3 Å². The highest BCUT2D eigenvalue weighted by atomic mass is 15.3. The van der Waals surface area contributed by atoms with Crippen LogP contribution in [0.15, 0.2) is 49.2 Å². The molecule has 5 nitrogen and oxygen atoms in total. The van der Waals surface area contributed by atoms with Crippen molar-refractivity contribution in [1.82, 2.24) is 24.1 Å². The van der Waals surface area contributed by atoms with Crippen molar-refractivity contribution in [2.45, 2.75) is 38.8 Å². The molecule has 3 aromatic rings. The fourth-order valence-electron chi connectivity index (χ4n) is 2.96. The largest absolute Gasteiger partial charge is 0.352 e. The van der Waals surface area contributed by atoms with Gasteiger partial charge in [0.2, 0.25) is 0 Å². The molecule has 0 atom stereocenters. The van der Waals surface area contributed by atoms with Crippen LogP contribution in [0.2, 0.25) is 0 Å². The topological polar surface area (TPSA) is 40.6 Å². The van der Waals surface area contributed by atoms with Gasteiger partial charge in [-0.25, -0.2) is 0 Å². The van der Waals surface area contributed by atoms with Gasteiger partial charge >= 0.3 is 0 Å². The molecule has 0 saturated heterocycles. The van der Waals surface area contributed by atoms with E-state index < -0.39 is 0 Å². The molecule has 0 saturated carbocycles. The Morgan fingerprint density at radius 2 is 1.41 bits per heavy atom. The summed E-state index contributed by atoms with van der Waals surface area (Å²) in [6.07, 6.45) is 9.83. The van der Waals surface area contributed by atoms with Crippen LogP contribution >= 0.6 is 0 Å². The molecule has 0 radical (unpaired) electrons. The van der Waals surface area contributed by atoms with Gasteiger partial charge in [-0.2, -0.15) is 10.2 Å². The quantitative estimate of drug-likeness (QED) is 0.743. The Labute approximate surface area is 131 Å². The minimum atomic E-state index is -0.212. The molecule has 3 rings (SSSR count). The molecule has 22 heavy (non-hydrogen) atoms. The average molecular weight is 297 g/mol. The highest BCUT2D eigenvalue weighted by molar-refractivity contribution is 5.30. The van der Waals surface area contributed by atoms with Crippen molar-refractivity contribution in [3.63, 3.8) is 0 Å². The summed E-state index contributed by atoms with van der Waals surface area (Å²) in [5, 5.41) is 8.82. The summed E-state index contributed by atoms with van der Waals surface area (Å²) in [6, 6.07) is 6.17. The van der Waals surface area contributed by atoms with Crippen LogP contribution in [-0.2, 0) is 18.1 Å². The summed E-state index contributed by atoms with van der Waals surface area (Å²) >= 11 is 0. The van der Waals surface area contributed by atoms with E-state index in [1.54, 1.807) is 0 Å². The Morgan fingerprint density at radius 1 is 0.864 bits per heavy atom. The SMILES string of the molecule is Cn1cc(C(C)(C)n2cccn2)cc1C(C)(C)n1cccn1. The molecule has 0 N–H and O–H groups in total. The smallest absolute Gasteiger partial charge is 0.0969 e. The second-order valence-corrected chi connectivity index (χ2v) is 6.74. The maximum atomic E-state index is 4.41. The number of hydrogen-bond acceptors (Lipinski definition) is 2. The summed E-state index contributed by atoms with van der Waals surface area (Å²) in [5.41, 5.74) is 2.04. The predicted molar refractivity (Wildman–Crippen MR) is 86.7 cm³/mol. The van der Waals surface area contributed by atoms with E-state index in [4.69, 9.17) is 0 Å². The summed E-state index contributed by atoms with van der Waals surface area (Å²) in [6.45, 7) is 8.72. The Hall–Kier alpha value is -2.30. The average Bonchev–Trinajstić information content (AvgIpc) is 3.20. The van der Waals surface area contributed by atoms with Crippen molar-refractivity contribution < 1.29 is 0 Å². The third-order valence-corrected chi connectivity index (χ3v) is 4.49.